The van der Waals surface area contributed by atoms with Crippen molar-refractivity contribution in [2.45, 2.75) is 13.8 Å². The van der Waals surface area contributed by atoms with Gasteiger partial charge in [-0.15, -0.1) is 0 Å². The molecule has 2 aliphatic rings. The van der Waals surface area contributed by atoms with Crippen molar-refractivity contribution in [1.29, 1.82) is 10.5 Å². The first kappa shape index (κ1) is 70.4. The lowest BCUT2D eigenvalue weighted by Gasteiger charge is -2.28. The van der Waals surface area contributed by atoms with Crippen molar-refractivity contribution in [1.82, 2.24) is 9.97 Å². The van der Waals surface area contributed by atoms with Crippen LogP contribution in [0.25, 0.3) is 99.5 Å². The van der Waals surface area contributed by atoms with E-state index in [4.69, 9.17) is 20.0 Å². The molecule has 16 aromatic rings. The first-order valence-corrected chi connectivity index (χ1v) is 36.6. The number of aliphatic imine (C=N–C) groups is 2. The van der Waals surface area contributed by atoms with Gasteiger partial charge in [-0.05, 0) is 201 Å². The zero-order chi connectivity index (χ0) is 77.8. The molecule has 16 heteroatoms. The third-order valence-corrected chi connectivity index (χ3v) is 20.9. The summed E-state index contributed by atoms with van der Waals surface area (Å²) in [5, 5.41) is 31.6. The third-order valence-electron chi connectivity index (χ3n) is 20.9. The number of allylic oxidation sites excluding steroid dienone is 2. The van der Waals surface area contributed by atoms with Gasteiger partial charge in [0, 0.05) is 115 Å². The molecule has 0 aliphatic carbocycles. The average Bonchev–Trinajstić information content (AvgIpc) is 1.58. The molecule has 0 saturated heterocycles. The second-order valence-corrected chi connectivity index (χ2v) is 27.8. The Bertz CT molecular complexity index is 6290. The molecule has 2 aliphatic heterocycles. The number of benzene rings is 14. The Kier molecular flexibility index (Phi) is 18.1. The number of anilines is 8. The number of aryl methyl sites for hydroxylation is 2. The first-order valence-electron chi connectivity index (χ1n) is 36.6. The van der Waals surface area contributed by atoms with E-state index in [1.807, 2.05) is 147 Å². The zero-order valence-corrected chi connectivity index (χ0v) is 60.9. The van der Waals surface area contributed by atoms with Crippen LogP contribution in [0.2, 0.25) is 0 Å². The van der Waals surface area contributed by atoms with Crippen LogP contribution in [0, 0.1) is 71.4 Å². The fourth-order valence-electron chi connectivity index (χ4n) is 15.5. The summed E-state index contributed by atoms with van der Waals surface area (Å²) in [7, 11) is 0. The largest absolute Gasteiger partial charge is 0.339 e. The third kappa shape index (κ3) is 13.0. The summed E-state index contributed by atoms with van der Waals surface area (Å²) in [5.41, 5.74) is 19.1. The van der Waals surface area contributed by atoms with E-state index in [9.17, 15) is 19.3 Å². The number of aromatic nitrogens is 2. The molecule has 114 heavy (non-hydrogen) atoms. The average molecular weight is 1490 g/mol. The highest BCUT2D eigenvalue weighted by Gasteiger charge is 2.28. The molecule has 2 aromatic heterocycles. The van der Waals surface area contributed by atoms with Crippen LogP contribution in [0.3, 0.4) is 0 Å². The fourth-order valence-corrected chi connectivity index (χ4v) is 15.5. The van der Waals surface area contributed by atoms with Gasteiger partial charge in [0.25, 0.3) is 0 Å². The number of nitriles is 2. The van der Waals surface area contributed by atoms with Crippen LogP contribution in [0.5, 0.6) is 0 Å². The van der Waals surface area contributed by atoms with Crippen LogP contribution >= 0.6 is 0 Å². The molecule has 4 heterocycles. The lowest BCUT2D eigenvalue weighted by molar-refractivity contribution is 0.547. The Hall–Kier alpha value is -15.3. The Balaban J connectivity index is 0.623. The molecule has 544 valence electrons. The molecule has 0 spiro atoms. The molecular weight excluding hydrogens is 1430 g/mol. The summed E-state index contributed by atoms with van der Waals surface area (Å²) in [4.78, 5) is 23.6. The number of nitrogens with zero attached hydrogens (tertiary/aromatic N) is 8. The number of halogens is 6. The minimum absolute atomic E-state index is 0.219. The predicted molar refractivity (Wildman–Crippen MR) is 445 cm³/mol. The van der Waals surface area contributed by atoms with Gasteiger partial charge in [-0.1, -0.05) is 170 Å². The Labute approximate surface area is 651 Å². The quantitative estimate of drug-likeness (QED) is 0.0556. The summed E-state index contributed by atoms with van der Waals surface area (Å²) in [5.74, 6) is -4.06. The second-order valence-electron chi connectivity index (χ2n) is 27.8. The van der Waals surface area contributed by atoms with Crippen LogP contribution in [-0.4, -0.2) is 21.6 Å². The van der Waals surface area contributed by atoms with Crippen molar-refractivity contribution < 1.29 is 26.3 Å². The molecular formula is C98H60F6N10. The number of rotatable bonds is 16. The van der Waals surface area contributed by atoms with Crippen LogP contribution in [0.15, 0.2) is 326 Å². The highest BCUT2D eigenvalue weighted by Crippen LogP contribution is 2.47. The Morgan fingerprint density at radius 2 is 0.667 bits per heavy atom. The SMILES string of the molecule is Cc1cc(/C(C#N)=C(\C#N)c2ccc(N(c3ccc(-c4ccccc4)cc3)c3ccc(-c4ccc(N=C5Nc6ccc(-c7c(F)cc(F)cc7F)c7cccc5c67)nc4)cc3)c(C)c2)ccc1N(c1ccc(-c2ccccc2)cc1)c1ccc(-c2ccc(N=C3Nc4ccc(-c5c(F)cc(F)cc5F)c5cccc3c45)nc2)cc1. The van der Waals surface area contributed by atoms with Crippen molar-refractivity contribution in [3.63, 3.8) is 0 Å². The molecule has 0 bridgehead atoms. The van der Waals surface area contributed by atoms with Crippen molar-refractivity contribution in [3.05, 3.63) is 384 Å². The summed E-state index contributed by atoms with van der Waals surface area (Å²) in [6.45, 7) is 4.00. The van der Waals surface area contributed by atoms with E-state index in [-0.39, 0.29) is 22.3 Å². The lowest BCUT2D eigenvalue weighted by Crippen LogP contribution is -2.12. The maximum Gasteiger partial charge on any atom is 0.154 e. The molecule has 0 unspecified atom stereocenters. The van der Waals surface area contributed by atoms with E-state index in [0.717, 1.165) is 112 Å². The minimum Gasteiger partial charge on any atom is -0.339 e. The number of hydrogen-bond acceptors (Lipinski definition) is 8. The molecule has 14 aromatic carbocycles. The van der Waals surface area contributed by atoms with Gasteiger partial charge < -0.3 is 20.4 Å². The topological polar surface area (TPSA) is 129 Å². The van der Waals surface area contributed by atoms with Crippen molar-refractivity contribution in [2.24, 2.45) is 9.98 Å². The van der Waals surface area contributed by atoms with Crippen molar-refractivity contribution >= 4 is 101 Å². The second kappa shape index (κ2) is 29.3. The Morgan fingerprint density at radius 3 is 0.991 bits per heavy atom. The molecule has 0 saturated carbocycles. The highest BCUT2D eigenvalue weighted by molar-refractivity contribution is 6.29. The van der Waals surface area contributed by atoms with E-state index in [1.54, 1.807) is 60.9 Å². The van der Waals surface area contributed by atoms with Gasteiger partial charge in [0.2, 0.25) is 0 Å². The molecule has 0 radical (unpaired) electrons. The van der Waals surface area contributed by atoms with Gasteiger partial charge >= 0.3 is 0 Å². The number of amidine groups is 2. The molecule has 0 fully saturated rings. The van der Waals surface area contributed by atoms with Crippen LogP contribution < -0.4 is 20.4 Å². The first-order chi connectivity index (χ1) is 55.7. The van der Waals surface area contributed by atoms with Crippen molar-refractivity contribution in [2.75, 3.05) is 20.4 Å². The van der Waals surface area contributed by atoms with Crippen LogP contribution in [-0.2, 0) is 0 Å². The predicted octanol–water partition coefficient (Wildman–Crippen LogP) is 26.1. The van der Waals surface area contributed by atoms with Crippen LogP contribution in [0.1, 0.15) is 33.4 Å². The summed E-state index contributed by atoms with van der Waals surface area (Å²) < 4.78 is 88.3. The molecule has 10 nitrogen and oxygen atoms in total. The number of hydrogen-bond donors (Lipinski definition) is 2. The van der Waals surface area contributed by atoms with Gasteiger partial charge in [0.05, 0.1) is 22.3 Å². The molecule has 18 rings (SSSR count). The maximum atomic E-state index is 15.1. The monoisotopic (exact) mass is 1490 g/mol. The Morgan fingerprint density at radius 1 is 0.333 bits per heavy atom. The van der Waals surface area contributed by atoms with Gasteiger partial charge in [-0.25, -0.2) is 46.3 Å². The number of pyridine rings is 2. The van der Waals surface area contributed by atoms with E-state index >= 15 is 17.6 Å². The van der Waals surface area contributed by atoms with Gasteiger partial charge in [-0.3, -0.25) is 0 Å². The molecule has 0 atom stereocenters. The zero-order valence-electron chi connectivity index (χ0n) is 60.9. The van der Waals surface area contributed by atoms with Gasteiger partial charge in [0.15, 0.2) is 11.6 Å². The maximum absolute atomic E-state index is 15.1. The summed E-state index contributed by atoms with van der Waals surface area (Å²) in [6, 6.07) is 97.9. The standard InChI is InChI=1S/C98H60F6N10/c1-57-47-65(27-43-89(57)113(71-31-19-61(20-32-71)59-11-5-3-6-12-59)73-35-23-63(24-36-73)67-29-45-91(107-55-67)111-97-79-17-9-15-75-77(39-41-87(109-97)93(75)79)95-83(101)49-69(99)50-84(95)102)81(53-105)82(54-106)66-28-44-90(58(2)48-66)114(72-33-21-62(22-34-72)60-13-7-4-8-14-60)74-37-25-64(26-38-74)68-30-46-92(108-56-68)112-98-80-18-10-16-76-78(40-42-88(110-98)94(76)80)96-85(103)51-70(100)52-86(96)104/h3-52,55-56H,1-2H3,(H,107,109,111)(H,108,110,112)/b82-81+. The van der Waals surface area contributed by atoms with E-state index < -0.39 is 34.9 Å². The van der Waals surface area contributed by atoms with Crippen LogP contribution in [0.4, 0.5) is 83.5 Å². The number of nitrogens with one attached hydrogen (secondary N) is 2. The highest BCUT2D eigenvalue weighted by atomic mass is 19.2. The lowest BCUT2D eigenvalue weighted by atomic mass is 9.93. The van der Waals surface area contributed by atoms with Gasteiger partial charge in [-0.2, -0.15) is 10.5 Å². The smallest absolute Gasteiger partial charge is 0.154 e. The van der Waals surface area contributed by atoms with Gasteiger partial charge in [0.1, 0.15) is 58.7 Å². The van der Waals surface area contributed by atoms with E-state index in [1.165, 1.54) is 0 Å². The minimum atomic E-state index is -0.994. The molecule has 0 amide bonds. The van der Waals surface area contributed by atoms with E-state index in [0.29, 0.717) is 92.0 Å². The van der Waals surface area contributed by atoms with Crippen molar-refractivity contribution in [3.8, 4) is 78.9 Å². The molecule has 2 N–H and O–H groups in total. The summed E-state index contributed by atoms with van der Waals surface area (Å²) >= 11 is 0. The fraction of sp³-hybridized carbons (Fsp3) is 0.0204. The summed E-state index contributed by atoms with van der Waals surface area (Å²) in [6.07, 6.45) is 3.52. The van der Waals surface area contributed by atoms with E-state index in [2.05, 4.69) is 130 Å². The normalized spacial score (nSPS) is 12.9.